The van der Waals surface area contributed by atoms with E-state index in [9.17, 15) is 0 Å². The Morgan fingerprint density at radius 3 is 2.68 bits per heavy atom. The highest BCUT2D eigenvalue weighted by atomic mass is 35.5. The molecule has 0 saturated carbocycles. The summed E-state index contributed by atoms with van der Waals surface area (Å²) in [5.74, 6) is 0.407. The molecule has 4 N–H and O–H groups in total. The van der Waals surface area contributed by atoms with E-state index in [1.54, 1.807) is 24.4 Å². The molecular formula is C22H21Cl2N7. The third kappa shape index (κ3) is 4.04. The van der Waals surface area contributed by atoms with E-state index in [1.165, 1.54) is 0 Å². The molecule has 1 fully saturated rings. The Kier molecular flexibility index (Phi) is 5.40. The predicted octanol–water partition coefficient (Wildman–Crippen LogP) is 4.82. The van der Waals surface area contributed by atoms with Crippen LogP contribution in [0.3, 0.4) is 0 Å². The van der Waals surface area contributed by atoms with E-state index in [4.69, 9.17) is 28.9 Å². The van der Waals surface area contributed by atoms with Crippen LogP contribution in [0.5, 0.6) is 0 Å². The lowest BCUT2D eigenvalue weighted by molar-refractivity contribution is 0.343. The van der Waals surface area contributed by atoms with Crippen molar-refractivity contribution in [1.82, 2.24) is 30.3 Å². The SMILES string of the molecule is Nc1ncc(-c2cnn(C3CCNCC3)c2)cc1-c1cc(-c2cc(Cl)ccc2Cl)[nH]n1. The maximum atomic E-state index is 6.33. The van der Waals surface area contributed by atoms with E-state index in [0.29, 0.717) is 27.6 Å². The number of piperidine rings is 1. The zero-order valence-corrected chi connectivity index (χ0v) is 18.2. The topological polar surface area (TPSA) is 97.4 Å². The van der Waals surface area contributed by atoms with Crippen molar-refractivity contribution < 1.29 is 0 Å². The normalized spacial score (nSPS) is 14.8. The van der Waals surface area contributed by atoms with Crippen LogP contribution in [0.1, 0.15) is 18.9 Å². The van der Waals surface area contributed by atoms with Crippen molar-refractivity contribution in [3.63, 3.8) is 0 Å². The molecule has 0 spiro atoms. The molecule has 1 saturated heterocycles. The Hall–Kier alpha value is -2.87. The summed E-state index contributed by atoms with van der Waals surface area (Å²) in [6.07, 6.45) is 7.88. The highest BCUT2D eigenvalue weighted by Gasteiger charge is 2.17. The number of nitrogens with two attached hydrogens (primary N) is 1. The smallest absolute Gasteiger partial charge is 0.132 e. The second kappa shape index (κ2) is 8.34. The van der Waals surface area contributed by atoms with Gasteiger partial charge in [-0.25, -0.2) is 4.98 Å². The van der Waals surface area contributed by atoms with Gasteiger partial charge < -0.3 is 11.1 Å². The summed E-state index contributed by atoms with van der Waals surface area (Å²) < 4.78 is 2.06. The Balaban J connectivity index is 1.47. The van der Waals surface area contributed by atoms with Crippen LogP contribution in [0.25, 0.3) is 33.6 Å². The first-order chi connectivity index (χ1) is 15.1. The summed E-state index contributed by atoms with van der Waals surface area (Å²) in [5, 5.41) is 16.6. The van der Waals surface area contributed by atoms with E-state index in [1.807, 2.05) is 18.3 Å². The molecule has 0 radical (unpaired) electrons. The van der Waals surface area contributed by atoms with Gasteiger partial charge in [0.05, 0.1) is 28.6 Å². The number of hydrogen-bond donors (Lipinski definition) is 3. The van der Waals surface area contributed by atoms with E-state index < -0.39 is 0 Å². The second-order valence-electron chi connectivity index (χ2n) is 7.64. The van der Waals surface area contributed by atoms with E-state index in [-0.39, 0.29) is 0 Å². The molecule has 0 atom stereocenters. The Bertz CT molecular complexity index is 1220. The van der Waals surface area contributed by atoms with Gasteiger partial charge in [0.2, 0.25) is 0 Å². The van der Waals surface area contributed by atoms with Gasteiger partial charge in [0, 0.05) is 39.7 Å². The Labute approximate surface area is 189 Å². The molecule has 1 aromatic carbocycles. The molecule has 3 aromatic heterocycles. The number of halogens is 2. The molecule has 31 heavy (non-hydrogen) atoms. The molecule has 158 valence electrons. The zero-order chi connectivity index (χ0) is 21.4. The third-order valence-corrected chi connectivity index (χ3v) is 6.17. The van der Waals surface area contributed by atoms with Gasteiger partial charge in [0.15, 0.2) is 0 Å². The van der Waals surface area contributed by atoms with Crippen LogP contribution in [0, 0.1) is 0 Å². The maximum Gasteiger partial charge on any atom is 0.132 e. The predicted molar refractivity (Wildman–Crippen MR) is 124 cm³/mol. The average molecular weight is 454 g/mol. The zero-order valence-electron chi connectivity index (χ0n) is 16.6. The first-order valence-corrected chi connectivity index (χ1v) is 10.9. The largest absolute Gasteiger partial charge is 0.383 e. The fraction of sp³-hybridized carbons (Fsp3) is 0.227. The molecular weight excluding hydrogens is 433 g/mol. The van der Waals surface area contributed by atoms with Gasteiger partial charge in [-0.05, 0) is 56.3 Å². The first-order valence-electron chi connectivity index (χ1n) is 10.1. The molecule has 4 heterocycles. The van der Waals surface area contributed by atoms with Crippen LogP contribution in [0.15, 0.2) is 48.9 Å². The van der Waals surface area contributed by atoms with Crippen molar-refractivity contribution in [2.75, 3.05) is 18.8 Å². The Morgan fingerprint density at radius 1 is 1.00 bits per heavy atom. The number of aromatic amines is 1. The minimum atomic E-state index is 0.407. The molecule has 0 amide bonds. The van der Waals surface area contributed by atoms with Crippen molar-refractivity contribution in [2.45, 2.75) is 18.9 Å². The van der Waals surface area contributed by atoms with E-state index in [0.717, 1.165) is 53.9 Å². The molecule has 1 aliphatic rings. The van der Waals surface area contributed by atoms with Gasteiger partial charge in [0.1, 0.15) is 5.82 Å². The molecule has 0 bridgehead atoms. The molecule has 0 aliphatic carbocycles. The minimum absolute atomic E-state index is 0.407. The van der Waals surface area contributed by atoms with Crippen LogP contribution in [-0.4, -0.2) is 38.1 Å². The summed E-state index contributed by atoms with van der Waals surface area (Å²) in [6, 6.07) is 9.62. The van der Waals surface area contributed by atoms with Crippen molar-refractivity contribution in [1.29, 1.82) is 0 Å². The number of nitrogens with one attached hydrogen (secondary N) is 2. The number of nitrogen functional groups attached to an aromatic ring is 1. The maximum absolute atomic E-state index is 6.33. The van der Waals surface area contributed by atoms with Crippen molar-refractivity contribution in [3.05, 3.63) is 59.0 Å². The van der Waals surface area contributed by atoms with Crippen LogP contribution < -0.4 is 11.1 Å². The first kappa shape index (κ1) is 20.1. The number of hydrogen-bond acceptors (Lipinski definition) is 5. The van der Waals surface area contributed by atoms with Gasteiger partial charge in [-0.3, -0.25) is 9.78 Å². The molecule has 7 nitrogen and oxygen atoms in total. The van der Waals surface area contributed by atoms with Crippen LogP contribution >= 0.6 is 23.2 Å². The fourth-order valence-electron chi connectivity index (χ4n) is 3.90. The molecule has 0 unspecified atom stereocenters. The summed E-state index contributed by atoms with van der Waals surface area (Å²) in [7, 11) is 0. The number of benzene rings is 1. The standard InChI is InChI=1S/C22H21Cl2N7/c23-15-1-2-19(24)17(8-15)20-9-21(30-29-20)18-7-13(10-27-22(18)25)14-11-28-31(12-14)16-3-5-26-6-4-16/h1-2,7-12,16,26H,3-6H2,(H2,25,27)(H,29,30). The molecule has 4 aromatic rings. The lowest BCUT2D eigenvalue weighted by atomic mass is 10.1. The van der Waals surface area contributed by atoms with Crippen molar-refractivity contribution in [3.8, 4) is 33.6 Å². The number of pyridine rings is 1. The van der Waals surface area contributed by atoms with Gasteiger partial charge in [0.25, 0.3) is 0 Å². The minimum Gasteiger partial charge on any atom is -0.383 e. The third-order valence-electron chi connectivity index (χ3n) is 5.61. The monoisotopic (exact) mass is 453 g/mol. The molecule has 5 rings (SSSR count). The highest BCUT2D eigenvalue weighted by Crippen LogP contribution is 2.34. The van der Waals surface area contributed by atoms with Gasteiger partial charge in [-0.2, -0.15) is 10.2 Å². The lowest BCUT2D eigenvalue weighted by Gasteiger charge is -2.22. The summed E-state index contributed by atoms with van der Waals surface area (Å²) >= 11 is 12.5. The number of rotatable bonds is 4. The van der Waals surface area contributed by atoms with Crippen LogP contribution in [0.2, 0.25) is 10.0 Å². The van der Waals surface area contributed by atoms with Crippen molar-refractivity contribution in [2.24, 2.45) is 0 Å². The number of aromatic nitrogens is 5. The number of nitrogens with zero attached hydrogens (tertiary/aromatic N) is 4. The van der Waals surface area contributed by atoms with Crippen molar-refractivity contribution >= 4 is 29.0 Å². The summed E-state index contributed by atoms with van der Waals surface area (Å²) in [5.41, 5.74) is 11.1. The van der Waals surface area contributed by atoms with Gasteiger partial charge >= 0.3 is 0 Å². The summed E-state index contributed by atoms with van der Waals surface area (Å²) in [4.78, 5) is 4.40. The van der Waals surface area contributed by atoms with E-state index >= 15 is 0 Å². The fourth-order valence-corrected chi connectivity index (χ4v) is 4.29. The molecule has 9 heteroatoms. The molecule has 1 aliphatic heterocycles. The second-order valence-corrected chi connectivity index (χ2v) is 8.48. The quantitative estimate of drug-likeness (QED) is 0.411. The average Bonchev–Trinajstić information content (AvgIpc) is 3.47. The number of anilines is 1. The van der Waals surface area contributed by atoms with Gasteiger partial charge in [-0.1, -0.05) is 23.2 Å². The summed E-state index contributed by atoms with van der Waals surface area (Å²) in [6.45, 7) is 2.04. The van der Waals surface area contributed by atoms with E-state index in [2.05, 4.69) is 36.5 Å². The van der Waals surface area contributed by atoms with Crippen LogP contribution in [0.4, 0.5) is 5.82 Å². The number of H-pyrrole nitrogens is 1. The van der Waals surface area contributed by atoms with Crippen LogP contribution in [-0.2, 0) is 0 Å². The highest BCUT2D eigenvalue weighted by molar-refractivity contribution is 6.35. The Morgan fingerprint density at radius 2 is 1.84 bits per heavy atom. The van der Waals surface area contributed by atoms with Gasteiger partial charge in [-0.15, -0.1) is 0 Å². The lowest BCUT2D eigenvalue weighted by Crippen LogP contribution is -2.29.